The number of rotatable bonds is 2. The molecular weight excluding hydrogens is 195 g/mol. The number of hydrogen-bond acceptors (Lipinski definition) is 2. The number of H-pyrrole nitrogens is 1. The fourth-order valence-electron chi connectivity index (χ4n) is 0.577. The van der Waals surface area contributed by atoms with E-state index in [1.54, 1.807) is 12.5 Å². The van der Waals surface area contributed by atoms with Crippen molar-refractivity contribution < 1.29 is 22.4 Å². The molecule has 0 aliphatic rings. The van der Waals surface area contributed by atoms with Crippen molar-refractivity contribution in [3.8, 4) is 0 Å². The second kappa shape index (κ2) is 4.76. The van der Waals surface area contributed by atoms with Gasteiger partial charge in [0.15, 0.2) is 0 Å². The molecule has 0 aliphatic heterocycles. The van der Waals surface area contributed by atoms with Gasteiger partial charge in [-0.2, -0.15) is 0 Å². The van der Waals surface area contributed by atoms with Crippen LogP contribution in [-0.2, 0) is 28.8 Å². The number of imidazole rings is 1. The van der Waals surface area contributed by atoms with E-state index in [1.165, 1.54) is 0 Å². The van der Waals surface area contributed by atoms with Crippen LogP contribution in [-0.4, -0.2) is 16.5 Å². The quantitative estimate of drug-likeness (QED) is 0.661. The third-order valence-corrected chi connectivity index (χ3v) is 0.969. The zero-order chi connectivity index (χ0) is 5.82. The Morgan fingerprint density at radius 2 is 2.44 bits per heavy atom. The van der Waals surface area contributed by atoms with Crippen LogP contribution in [0.25, 0.3) is 0 Å². The van der Waals surface area contributed by atoms with Crippen LogP contribution in [0.4, 0.5) is 0 Å². The van der Waals surface area contributed by atoms with Crippen molar-refractivity contribution in [3.63, 3.8) is 0 Å². The Morgan fingerprint density at radius 1 is 1.67 bits per heavy atom. The molecule has 1 aromatic heterocycles. The van der Waals surface area contributed by atoms with Gasteiger partial charge in [-0.3, -0.25) is 0 Å². The molecule has 0 aliphatic carbocycles. The van der Waals surface area contributed by atoms with Gasteiger partial charge in [0.25, 0.3) is 0 Å². The van der Waals surface area contributed by atoms with Gasteiger partial charge in [0.2, 0.25) is 0 Å². The topological polar surface area (TPSA) is 54.7 Å². The van der Waals surface area contributed by atoms with Crippen LogP contribution < -0.4 is 5.73 Å². The van der Waals surface area contributed by atoms with Gasteiger partial charge in [0.1, 0.15) is 0 Å². The van der Waals surface area contributed by atoms with Crippen molar-refractivity contribution >= 4 is 0 Å². The molecule has 49 valence electrons. The summed E-state index contributed by atoms with van der Waals surface area (Å²) >= 11 is 0. The number of nitrogens with one attached hydrogen (secondary N) is 1. The zero-order valence-corrected chi connectivity index (χ0v) is 7.24. The third kappa shape index (κ3) is 2.81. The molecule has 1 radical (unpaired) electrons. The predicted molar refractivity (Wildman–Crippen MR) is 31.3 cm³/mol. The van der Waals surface area contributed by atoms with Crippen molar-refractivity contribution in [2.75, 3.05) is 6.54 Å². The van der Waals surface area contributed by atoms with Crippen LogP contribution in [0.2, 0.25) is 0 Å². The molecule has 0 saturated heterocycles. The van der Waals surface area contributed by atoms with Crippen LogP contribution in [0.5, 0.6) is 0 Å². The minimum absolute atomic E-state index is 0. The molecule has 0 spiro atoms. The van der Waals surface area contributed by atoms with Gasteiger partial charge in [-0.1, -0.05) is 0 Å². The Balaban J connectivity index is 0.000000640. The average molecular weight is 204 g/mol. The molecule has 1 heterocycles. The zero-order valence-electron chi connectivity index (χ0n) is 5.04. The maximum Gasteiger partial charge on any atom is 0.0921 e. The van der Waals surface area contributed by atoms with Crippen LogP contribution in [0.15, 0.2) is 12.5 Å². The van der Waals surface area contributed by atoms with Crippen molar-refractivity contribution in [2.45, 2.75) is 6.42 Å². The van der Waals surface area contributed by atoms with Crippen LogP contribution in [0.3, 0.4) is 0 Å². The van der Waals surface area contributed by atoms with Crippen molar-refractivity contribution in [1.29, 1.82) is 0 Å². The Morgan fingerprint density at radius 3 is 2.89 bits per heavy atom. The summed E-state index contributed by atoms with van der Waals surface area (Å²) < 4.78 is 0. The standard InChI is InChI=1S/C5H9N3.Nb/c6-2-1-5-3-7-4-8-5;/h3-4H,1-2,6H2,(H,7,8);. The maximum absolute atomic E-state index is 5.27. The number of aromatic nitrogens is 2. The summed E-state index contributed by atoms with van der Waals surface area (Å²) in [5.74, 6) is 0. The Hall–Kier alpha value is -0.0897. The molecule has 0 atom stereocenters. The molecule has 9 heavy (non-hydrogen) atoms. The Bertz CT molecular complexity index is 138. The predicted octanol–water partition coefficient (Wildman–Crippen LogP) is -0.0916. The molecule has 0 bridgehead atoms. The molecule has 0 fully saturated rings. The normalized spacial score (nSPS) is 8.56. The van der Waals surface area contributed by atoms with E-state index in [2.05, 4.69) is 9.97 Å². The molecule has 1 rings (SSSR count). The van der Waals surface area contributed by atoms with E-state index in [9.17, 15) is 0 Å². The summed E-state index contributed by atoms with van der Waals surface area (Å²) in [7, 11) is 0. The van der Waals surface area contributed by atoms with Crippen molar-refractivity contribution in [3.05, 3.63) is 18.2 Å². The summed E-state index contributed by atoms with van der Waals surface area (Å²) in [6.07, 6.45) is 4.33. The van der Waals surface area contributed by atoms with Crippen LogP contribution in [0, 0.1) is 0 Å². The smallest absolute Gasteiger partial charge is 0.0921 e. The summed E-state index contributed by atoms with van der Waals surface area (Å²) in [6, 6.07) is 0. The van der Waals surface area contributed by atoms with E-state index in [0.717, 1.165) is 12.1 Å². The molecule has 1 aromatic rings. The molecule has 3 nitrogen and oxygen atoms in total. The summed E-state index contributed by atoms with van der Waals surface area (Å²) in [5, 5.41) is 0. The summed E-state index contributed by atoms with van der Waals surface area (Å²) in [5.41, 5.74) is 6.38. The molecule has 0 aromatic carbocycles. The average Bonchev–Trinajstić information content (AvgIpc) is 2.19. The minimum Gasteiger partial charge on any atom is -0.348 e. The Labute approximate surface area is 69.6 Å². The SMILES string of the molecule is NCCc1cnc[nH]1.[Nb]. The number of nitrogens with zero attached hydrogens (tertiary/aromatic N) is 1. The van der Waals surface area contributed by atoms with E-state index in [-0.39, 0.29) is 22.4 Å². The molecule has 3 N–H and O–H groups in total. The first kappa shape index (κ1) is 8.91. The summed E-state index contributed by atoms with van der Waals surface area (Å²) in [4.78, 5) is 6.78. The Kier molecular flexibility index (Phi) is 4.71. The van der Waals surface area contributed by atoms with E-state index >= 15 is 0 Å². The maximum atomic E-state index is 5.27. The van der Waals surface area contributed by atoms with E-state index in [4.69, 9.17) is 5.73 Å². The van der Waals surface area contributed by atoms with Gasteiger partial charge in [-0.15, -0.1) is 0 Å². The molecule has 0 saturated carbocycles. The number of nitrogens with two attached hydrogens (primary N) is 1. The molecule has 0 amide bonds. The largest absolute Gasteiger partial charge is 0.348 e. The number of aromatic amines is 1. The van der Waals surface area contributed by atoms with E-state index < -0.39 is 0 Å². The first-order chi connectivity index (χ1) is 3.93. The van der Waals surface area contributed by atoms with E-state index in [1.807, 2.05) is 0 Å². The van der Waals surface area contributed by atoms with Gasteiger partial charge in [-0.25, -0.2) is 4.98 Å². The summed E-state index contributed by atoms with van der Waals surface area (Å²) in [6.45, 7) is 0.683. The van der Waals surface area contributed by atoms with Gasteiger partial charge < -0.3 is 10.7 Å². The first-order valence-electron chi connectivity index (χ1n) is 2.61. The third-order valence-electron chi connectivity index (χ3n) is 0.969. The van der Waals surface area contributed by atoms with Crippen molar-refractivity contribution in [2.24, 2.45) is 5.73 Å². The van der Waals surface area contributed by atoms with Crippen LogP contribution >= 0.6 is 0 Å². The molecule has 0 unspecified atom stereocenters. The second-order valence-electron chi connectivity index (χ2n) is 1.62. The first-order valence-corrected chi connectivity index (χ1v) is 2.61. The fraction of sp³-hybridized carbons (Fsp3) is 0.400. The monoisotopic (exact) mass is 204 g/mol. The molecular formula is C5H9N3Nb. The van der Waals surface area contributed by atoms with Crippen molar-refractivity contribution in [1.82, 2.24) is 9.97 Å². The van der Waals surface area contributed by atoms with Gasteiger partial charge in [0.05, 0.1) is 6.33 Å². The minimum atomic E-state index is 0. The van der Waals surface area contributed by atoms with E-state index in [0.29, 0.717) is 6.54 Å². The number of hydrogen-bond donors (Lipinski definition) is 2. The van der Waals surface area contributed by atoms with Gasteiger partial charge >= 0.3 is 0 Å². The van der Waals surface area contributed by atoms with Gasteiger partial charge in [-0.05, 0) is 6.54 Å². The van der Waals surface area contributed by atoms with Gasteiger partial charge in [0, 0.05) is 40.7 Å². The van der Waals surface area contributed by atoms with Crippen LogP contribution in [0.1, 0.15) is 5.69 Å². The molecule has 4 heteroatoms. The second-order valence-corrected chi connectivity index (χ2v) is 1.62. The fourth-order valence-corrected chi connectivity index (χ4v) is 0.577.